The van der Waals surface area contributed by atoms with E-state index in [2.05, 4.69) is 72.7 Å². The van der Waals surface area contributed by atoms with Crippen molar-refractivity contribution in [3.05, 3.63) is 53.8 Å². The van der Waals surface area contributed by atoms with Crippen LogP contribution in [0.4, 0.5) is 5.69 Å². The second-order valence-corrected chi connectivity index (χ2v) is 10.4. The zero-order valence-corrected chi connectivity index (χ0v) is 19.5. The molecule has 4 rings (SSSR count). The summed E-state index contributed by atoms with van der Waals surface area (Å²) in [5.74, 6) is 2.15. The Kier molecular flexibility index (Phi) is 6.52. The molecule has 0 N–H and O–H groups in total. The number of carbonyl (C=O) groups is 1. The van der Waals surface area contributed by atoms with Gasteiger partial charge in [-0.15, -0.1) is 0 Å². The van der Waals surface area contributed by atoms with Crippen molar-refractivity contribution in [2.24, 2.45) is 5.92 Å². The molecule has 2 heterocycles. The lowest BCUT2D eigenvalue weighted by molar-refractivity contribution is -0.513. The number of anilines is 1. The molecule has 160 valence electrons. The third-order valence-electron chi connectivity index (χ3n) is 6.92. The predicted molar refractivity (Wildman–Crippen MR) is 129 cm³/mol. The molecule has 0 aromatic heterocycles. The first kappa shape index (κ1) is 21.4. The highest BCUT2D eigenvalue weighted by Crippen LogP contribution is 2.47. The molecule has 4 heteroatoms. The van der Waals surface area contributed by atoms with Gasteiger partial charge < -0.3 is 4.90 Å². The first-order chi connectivity index (χ1) is 14.5. The van der Waals surface area contributed by atoms with Gasteiger partial charge in [0.25, 0.3) is 0 Å². The number of ketones is 1. The van der Waals surface area contributed by atoms with Gasteiger partial charge in [-0.2, -0.15) is 0 Å². The Balaban J connectivity index is 1.60. The molecule has 0 atom stereocenters. The molecule has 0 saturated heterocycles. The molecule has 3 nitrogen and oxygen atoms in total. The molecule has 0 radical (unpaired) electrons. The minimum atomic E-state index is -0.105. The van der Waals surface area contributed by atoms with Gasteiger partial charge in [-0.3, -0.25) is 4.79 Å². The Labute approximate surface area is 185 Å². The van der Waals surface area contributed by atoms with E-state index in [4.69, 9.17) is 0 Å². The molecule has 1 fully saturated rings. The number of hydrogen-bond acceptors (Lipinski definition) is 3. The van der Waals surface area contributed by atoms with Crippen molar-refractivity contribution in [1.29, 1.82) is 0 Å². The second kappa shape index (κ2) is 9.13. The van der Waals surface area contributed by atoms with Gasteiger partial charge in [-0.05, 0) is 30.5 Å². The van der Waals surface area contributed by atoms with Crippen LogP contribution in [-0.2, 0) is 10.2 Å². The monoisotopic (exact) mass is 423 g/mol. The average Bonchev–Trinajstić information content (AvgIpc) is 3.44. The quantitative estimate of drug-likeness (QED) is 0.537. The molecule has 0 bridgehead atoms. The molecule has 3 aliphatic rings. The molecule has 1 saturated carbocycles. The third-order valence-corrected chi connectivity index (χ3v) is 8.00. The number of carbonyl (C=O) groups excluding carboxylic acids is 1. The highest BCUT2D eigenvalue weighted by Gasteiger charge is 2.40. The van der Waals surface area contributed by atoms with Crippen molar-refractivity contribution in [3.8, 4) is 0 Å². The van der Waals surface area contributed by atoms with Gasteiger partial charge in [-0.1, -0.05) is 75.6 Å². The van der Waals surface area contributed by atoms with Gasteiger partial charge in [0.15, 0.2) is 12.3 Å². The fourth-order valence-electron chi connectivity index (χ4n) is 5.24. The molecule has 0 amide bonds. The lowest BCUT2D eigenvalue weighted by atomic mass is 9.84. The van der Waals surface area contributed by atoms with Crippen molar-refractivity contribution in [2.75, 3.05) is 30.3 Å². The zero-order valence-electron chi connectivity index (χ0n) is 18.7. The van der Waals surface area contributed by atoms with Crippen molar-refractivity contribution < 1.29 is 9.37 Å². The summed E-state index contributed by atoms with van der Waals surface area (Å²) in [4.78, 5) is 15.3. The molecule has 30 heavy (non-hydrogen) atoms. The Morgan fingerprint density at radius 2 is 2.03 bits per heavy atom. The van der Waals surface area contributed by atoms with Gasteiger partial charge in [-0.25, -0.2) is 4.58 Å². The molecule has 0 unspecified atom stereocenters. The number of thioether (sulfide) groups is 1. The van der Waals surface area contributed by atoms with Crippen molar-refractivity contribution in [1.82, 2.24) is 0 Å². The minimum absolute atomic E-state index is 0.105. The van der Waals surface area contributed by atoms with Crippen LogP contribution in [-0.4, -0.2) is 40.8 Å². The van der Waals surface area contributed by atoms with Gasteiger partial charge in [0, 0.05) is 29.3 Å². The molecule has 1 aromatic rings. The van der Waals surface area contributed by atoms with Crippen LogP contribution in [0.2, 0.25) is 0 Å². The molecule has 0 spiro atoms. The summed E-state index contributed by atoms with van der Waals surface area (Å²) < 4.78 is 2.43. The van der Waals surface area contributed by atoms with E-state index in [-0.39, 0.29) is 5.41 Å². The number of benzene rings is 1. The lowest BCUT2D eigenvalue weighted by Gasteiger charge is -2.26. The Morgan fingerprint density at radius 1 is 1.27 bits per heavy atom. The lowest BCUT2D eigenvalue weighted by Crippen LogP contribution is -2.31. The molecule has 1 aromatic carbocycles. The molecule has 1 aliphatic carbocycles. The maximum absolute atomic E-state index is 13.0. The molecular formula is C26H35N2OS+. The second-order valence-electron chi connectivity index (χ2n) is 9.30. The predicted octanol–water partition coefficient (Wildman–Crippen LogP) is 5.55. The topological polar surface area (TPSA) is 23.3 Å². The average molecular weight is 424 g/mol. The smallest absolute Gasteiger partial charge is 0.234 e. The van der Waals surface area contributed by atoms with Crippen LogP contribution >= 0.6 is 11.8 Å². The van der Waals surface area contributed by atoms with E-state index in [0.717, 1.165) is 19.5 Å². The number of allylic oxidation sites excluding steroid dienone is 3. The van der Waals surface area contributed by atoms with Crippen LogP contribution < -0.4 is 4.90 Å². The number of para-hydroxylation sites is 1. The van der Waals surface area contributed by atoms with Crippen LogP contribution in [0.3, 0.4) is 0 Å². The third kappa shape index (κ3) is 4.30. The van der Waals surface area contributed by atoms with Crippen LogP contribution in [0.1, 0.15) is 58.4 Å². The van der Waals surface area contributed by atoms with E-state index in [1.54, 1.807) is 0 Å². The van der Waals surface area contributed by atoms with E-state index in [9.17, 15) is 4.79 Å². The van der Waals surface area contributed by atoms with Crippen molar-refractivity contribution in [3.63, 3.8) is 0 Å². The summed E-state index contributed by atoms with van der Waals surface area (Å²) in [7, 11) is 0. The Hall–Kier alpha value is -1.81. The molecule has 2 aliphatic heterocycles. The summed E-state index contributed by atoms with van der Waals surface area (Å²) in [6.07, 6.45) is 12.4. The number of nitrogens with zero attached hydrogens (tertiary/aromatic N) is 2. The van der Waals surface area contributed by atoms with E-state index in [1.807, 2.05) is 11.8 Å². The normalized spacial score (nSPS) is 22.6. The number of fused-ring (bicyclic) bond motifs is 1. The fourth-order valence-corrected chi connectivity index (χ4v) is 6.34. The Bertz CT molecular complexity index is 890. The minimum Gasteiger partial charge on any atom is -0.337 e. The van der Waals surface area contributed by atoms with Crippen LogP contribution in [0, 0.1) is 5.92 Å². The molecular weight excluding hydrogens is 388 g/mol. The van der Waals surface area contributed by atoms with Crippen LogP contribution in [0.5, 0.6) is 0 Å². The Morgan fingerprint density at radius 3 is 2.80 bits per heavy atom. The summed E-state index contributed by atoms with van der Waals surface area (Å²) in [6, 6.07) is 8.59. The summed E-state index contributed by atoms with van der Waals surface area (Å²) >= 11 is 1.93. The van der Waals surface area contributed by atoms with E-state index < -0.39 is 0 Å². The van der Waals surface area contributed by atoms with Gasteiger partial charge in [0.2, 0.25) is 5.04 Å². The van der Waals surface area contributed by atoms with Gasteiger partial charge >= 0.3 is 0 Å². The van der Waals surface area contributed by atoms with E-state index >= 15 is 0 Å². The highest BCUT2D eigenvalue weighted by atomic mass is 32.2. The van der Waals surface area contributed by atoms with Crippen molar-refractivity contribution >= 4 is 28.3 Å². The van der Waals surface area contributed by atoms with Gasteiger partial charge in [0.1, 0.15) is 6.54 Å². The number of Topliss-reactive ketones (excluding diaryl/α,β-unsaturated/α-hetero) is 1. The highest BCUT2D eigenvalue weighted by molar-refractivity contribution is 8.14. The van der Waals surface area contributed by atoms with Crippen molar-refractivity contribution in [2.45, 2.75) is 58.3 Å². The SMILES string of the molecule is CC[N+]1=C(/C=C/C=C2/N(CC(=O)CC3CCCC3)c3ccccc3C2(C)C)SCC1. The number of hydrogen-bond donors (Lipinski definition) is 0. The van der Waals surface area contributed by atoms with Gasteiger partial charge in [0.05, 0.1) is 12.3 Å². The fraction of sp³-hybridized carbons (Fsp3) is 0.538. The summed E-state index contributed by atoms with van der Waals surface area (Å²) in [5, 5.41) is 1.35. The number of rotatable bonds is 7. The van der Waals surface area contributed by atoms with E-state index in [1.165, 1.54) is 53.4 Å². The largest absolute Gasteiger partial charge is 0.337 e. The standard InChI is InChI=1S/C26H35N2OS/c1-4-27-16-17-30-25(27)15-9-14-24-26(2,3)22-12-7-8-13-23(22)28(24)19-21(29)18-20-10-5-6-11-20/h7-9,12-15,20H,4-6,10-11,16-19H2,1-3H3/q+1. The van der Waals surface area contributed by atoms with E-state index in [0.29, 0.717) is 18.2 Å². The maximum Gasteiger partial charge on any atom is 0.234 e. The first-order valence-corrected chi connectivity index (χ1v) is 12.5. The van der Waals surface area contributed by atoms with Crippen LogP contribution in [0.15, 0.2) is 48.2 Å². The first-order valence-electron chi connectivity index (χ1n) is 11.5. The summed E-state index contributed by atoms with van der Waals surface area (Å²) in [5.41, 5.74) is 3.63. The zero-order chi connectivity index (χ0) is 21.1. The van der Waals surface area contributed by atoms with Crippen LogP contribution in [0.25, 0.3) is 0 Å². The summed E-state index contributed by atoms with van der Waals surface area (Å²) in [6.45, 7) is 9.46. The maximum atomic E-state index is 13.0.